The monoisotopic (exact) mass is 855 g/mol. The van der Waals surface area contributed by atoms with Gasteiger partial charge in [-0.3, -0.25) is 14.4 Å². The number of carbonyl (C=O) groups is 3. The second-order valence-corrected chi connectivity index (χ2v) is 13.7. The van der Waals surface area contributed by atoms with Crippen LogP contribution in [-0.4, -0.2) is 72.4 Å². The molecule has 1 saturated heterocycles. The van der Waals surface area contributed by atoms with Crippen molar-refractivity contribution in [3.63, 3.8) is 0 Å². The number of fused-ring (bicyclic) bond motifs is 1. The summed E-state index contributed by atoms with van der Waals surface area (Å²) in [5.41, 5.74) is 5.41. The van der Waals surface area contributed by atoms with Crippen LogP contribution in [0.15, 0.2) is 42.6 Å². The van der Waals surface area contributed by atoms with Gasteiger partial charge in [0, 0.05) is 52.3 Å². The number of aromatic nitrogens is 1. The second-order valence-electron chi connectivity index (χ2n) is 12.2. The number of methoxy groups -OCH3 is 1. The topological polar surface area (TPSA) is 99.1 Å². The van der Waals surface area contributed by atoms with Crippen LogP contribution < -0.4 is 5.32 Å². The molecule has 2 aromatic carbocycles. The summed E-state index contributed by atoms with van der Waals surface area (Å²) in [6.07, 6.45) is 6.11. The van der Waals surface area contributed by atoms with Gasteiger partial charge in [0.1, 0.15) is 0 Å². The van der Waals surface area contributed by atoms with Gasteiger partial charge in [0.25, 0.3) is 5.91 Å². The number of hydrogen-bond donors (Lipinski definition) is 1. The van der Waals surface area contributed by atoms with Gasteiger partial charge in [0.2, 0.25) is 5.91 Å². The zero-order chi connectivity index (χ0) is 32.8. The van der Waals surface area contributed by atoms with Gasteiger partial charge in [-0.1, -0.05) is 69.4 Å². The van der Waals surface area contributed by atoms with Crippen molar-refractivity contribution in [3.05, 3.63) is 64.8 Å². The maximum Gasteiger partial charge on any atom is 0.308 e. The molecule has 0 unspecified atom stereocenters. The zero-order valence-electron chi connectivity index (χ0n) is 26.7. The quantitative estimate of drug-likeness (QED) is 0.125. The molecule has 3 aromatic rings. The average molecular weight is 856 g/mol. The number of ether oxygens (including phenoxy) is 3. The summed E-state index contributed by atoms with van der Waals surface area (Å²) in [6.45, 7) is 3.24. The lowest BCUT2D eigenvalue weighted by Crippen LogP contribution is -2.40. The van der Waals surface area contributed by atoms with E-state index in [9.17, 15) is 14.4 Å². The summed E-state index contributed by atoms with van der Waals surface area (Å²) in [7, 11) is 3.64. The first-order valence-corrected chi connectivity index (χ1v) is 19.0. The Morgan fingerprint density at radius 3 is 2.41 bits per heavy atom. The lowest BCUT2D eigenvalue weighted by atomic mass is 9.87. The van der Waals surface area contributed by atoms with Gasteiger partial charge in [-0.05, 0) is 67.9 Å². The van der Waals surface area contributed by atoms with Crippen LogP contribution in [0.5, 0.6) is 0 Å². The van der Waals surface area contributed by atoms with Crippen molar-refractivity contribution >= 4 is 79.6 Å². The fourth-order valence-corrected chi connectivity index (χ4v) is 8.05. The Kier molecular flexibility index (Phi) is 12.4. The Bertz CT molecular complexity index is 1550. The molecular formula is C35H43I2N3O6. The van der Waals surface area contributed by atoms with Gasteiger partial charge in [-0.25, -0.2) is 0 Å². The minimum atomic E-state index is -0.147. The molecule has 2 fully saturated rings. The number of alkyl halides is 2. The second kappa shape index (κ2) is 16.2. The summed E-state index contributed by atoms with van der Waals surface area (Å²) in [6, 6.07) is 11.9. The maximum atomic E-state index is 13.8. The van der Waals surface area contributed by atoms with Crippen molar-refractivity contribution in [1.29, 1.82) is 0 Å². The number of amides is 2. The lowest BCUT2D eigenvalue weighted by molar-refractivity contribution is -0.150. The van der Waals surface area contributed by atoms with E-state index in [1.165, 1.54) is 0 Å². The summed E-state index contributed by atoms with van der Waals surface area (Å²) in [5.74, 6) is -0.240. The van der Waals surface area contributed by atoms with Gasteiger partial charge in [-0.15, -0.1) is 0 Å². The molecule has 9 nitrogen and oxygen atoms in total. The van der Waals surface area contributed by atoms with Crippen LogP contribution in [0.25, 0.3) is 10.9 Å². The highest BCUT2D eigenvalue weighted by atomic mass is 127. The number of hydrogen-bond acceptors (Lipinski definition) is 6. The average Bonchev–Trinajstić information content (AvgIpc) is 3.65. The molecule has 1 aromatic heterocycles. The Morgan fingerprint density at radius 2 is 1.72 bits per heavy atom. The molecule has 46 heavy (non-hydrogen) atoms. The molecule has 2 aliphatic rings. The minimum Gasteiger partial charge on any atom is -0.466 e. The fourth-order valence-electron chi connectivity index (χ4n) is 6.71. The molecular weight excluding hydrogens is 812 g/mol. The van der Waals surface area contributed by atoms with Crippen molar-refractivity contribution in [2.45, 2.75) is 72.6 Å². The first-order valence-electron chi connectivity index (χ1n) is 16.0. The van der Waals surface area contributed by atoms with Gasteiger partial charge in [-0.2, -0.15) is 0 Å². The number of para-hydroxylation sites is 1. The van der Waals surface area contributed by atoms with Gasteiger partial charge in [0.15, 0.2) is 0 Å². The molecule has 2 amide bonds. The third-order valence-electron chi connectivity index (χ3n) is 9.29. The molecule has 1 aliphatic heterocycles. The first-order chi connectivity index (χ1) is 22.3. The minimum absolute atomic E-state index is 0.0299. The van der Waals surface area contributed by atoms with Crippen LogP contribution >= 0.6 is 45.2 Å². The number of nitrogens with zero attached hydrogens (tertiary/aromatic N) is 2. The smallest absolute Gasteiger partial charge is 0.308 e. The molecule has 0 radical (unpaired) electrons. The number of esters is 1. The van der Waals surface area contributed by atoms with E-state index < -0.39 is 0 Å². The van der Waals surface area contributed by atoms with E-state index in [1.807, 2.05) is 60.0 Å². The normalized spacial score (nSPS) is 21.5. The summed E-state index contributed by atoms with van der Waals surface area (Å²) >= 11 is 4.64. The number of aryl methyl sites for hydroxylation is 1. The number of anilines is 1. The van der Waals surface area contributed by atoms with E-state index >= 15 is 0 Å². The Morgan fingerprint density at radius 1 is 0.978 bits per heavy atom. The zero-order valence-corrected chi connectivity index (χ0v) is 31.0. The predicted molar refractivity (Wildman–Crippen MR) is 196 cm³/mol. The number of nitrogens with one attached hydrogen (secondary N) is 1. The number of likely N-dealkylation sites (tertiary alicyclic amines) is 1. The molecule has 1 aliphatic carbocycles. The third kappa shape index (κ3) is 8.07. The van der Waals surface area contributed by atoms with Crippen molar-refractivity contribution in [1.82, 2.24) is 9.47 Å². The van der Waals surface area contributed by atoms with E-state index in [4.69, 9.17) is 14.2 Å². The van der Waals surface area contributed by atoms with E-state index in [0.29, 0.717) is 34.2 Å². The van der Waals surface area contributed by atoms with Crippen LogP contribution in [0.2, 0.25) is 0 Å². The Labute approximate surface area is 298 Å². The number of benzene rings is 2. The van der Waals surface area contributed by atoms with E-state index in [-0.39, 0.29) is 48.4 Å². The van der Waals surface area contributed by atoms with Gasteiger partial charge in [0.05, 0.1) is 49.4 Å². The molecule has 248 valence electrons. The molecule has 0 bridgehead atoms. The highest BCUT2D eigenvalue weighted by molar-refractivity contribution is 14.1. The highest BCUT2D eigenvalue weighted by Gasteiger charge is 2.37. The van der Waals surface area contributed by atoms with E-state index in [2.05, 4.69) is 56.6 Å². The highest BCUT2D eigenvalue weighted by Crippen LogP contribution is 2.31. The summed E-state index contributed by atoms with van der Waals surface area (Å²) in [5, 5.41) is 4.08. The molecule has 1 saturated carbocycles. The molecule has 11 heteroatoms. The SMILES string of the molecule is CCOC(=O)C1CCC(OC[C@@H]2C[C@H](OC)CN2C(=O)Cc2cc(CI)c(NC(=O)c3cn(C)c4ccccc34)cc2CI)CC1. The molecule has 2 atom stereocenters. The maximum absolute atomic E-state index is 13.8. The molecule has 1 N–H and O–H groups in total. The van der Waals surface area contributed by atoms with Gasteiger partial charge >= 0.3 is 5.97 Å². The number of halogens is 2. The Balaban J connectivity index is 1.25. The molecule has 5 rings (SSSR count). The van der Waals surface area contributed by atoms with Crippen LogP contribution in [0.1, 0.15) is 66.1 Å². The van der Waals surface area contributed by atoms with Crippen LogP contribution in [0.3, 0.4) is 0 Å². The summed E-state index contributed by atoms with van der Waals surface area (Å²) in [4.78, 5) is 41.4. The molecule has 0 spiro atoms. The van der Waals surface area contributed by atoms with Crippen LogP contribution in [-0.2, 0) is 46.1 Å². The van der Waals surface area contributed by atoms with E-state index in [0.717, 1.165) is 65.4 Å². The third-order valence-corrected chi connectivity index (χ3v) is 10.9. The van der Waals surface area contributed by atoms with E-state index in [1.54, 1.807) is 7.11 Å². The van der Waals surface area contributed by atoms with Crippen molar-refractivity contribution in [2.24, 2.45) is 13.0 Å². The fraction of sp³-hybridized carbons (Fsp3) is 0.514. The molecule has 2 heterocycles. The van der Waals surface area contributed by atoms with Crippen LogP contribution in [0.4, 0.5) is 5.69 Å². The van der Waals surface area contributed by atoms with Crippen molar-refractivity contribution in [3.8, 4) is 0 Å². The number of rotatable bonds is 12. The van der Waals surface area contributed by atoms with Crippen molar-refractivity contribution in [2.75, 3.05) is 32.2 Å². The predicted octanol–water partition coefficient (Wildman–Crippen LogP) is 6.60. The van der Waals surface area contributed by atoms with Crippen LogP contribution in [0, 0.1) is 5.92 Å². The first kappa shape index (κ1) is 35.1. The standard InChI is InChI=1S/C35H43I2N3O6/c1-4-45-35(43)22-9-11-27(12-10-22)46-21-26-16-28(44-3)19-40(26)33(41)15-23-13-25(18-37)31(14-24(23)17-36)38-34(42)30-20-39(2)32-8-6-5-7-29(30)32/h5-8,13-14,20,22,26-28H,4,9-12,15-19,21H2,1-3H3,(H,38,42)/t22?,26-,27?,28-/m0/s1. The Hall–Kier alpha value is -2.23. The largest absolute Gasteiger partial charge is 0.466 e. The van der Waals surface area contributed by atoms with Crippen molar-refractivity contribution < 1.29 is 28.6 Å². The van der Waals surface area contributed by atoms with Gasteiger partial charge < -0.3 is 29.0 Å². The summed E-state index contributed by atoms with van der Waals surface area (Å²) < 4.78 is 20.6. The number of carbonyl (C=O) groups excluding carboxylic acids is 3. The lowest BCUT2D eigenvalue weighted by Gasteiger charge is -2.30.